The first kappa shape index (κ1) is 21.1. The number of aryl methyl sites for hydroxylation is 2. The lowest BCUT2D eigenvalue weighted by Crippen LogP contribution is -2.21. The molecule has 4 rings (SSSR count). The van der Waals surface area contributed by atoms with Crippen LogP contribution in [0.4, 0.5) is 5.69 Å². The molecule has 0 aliphatic heterocycles. The summed E-state index contributed by atoms with van der Waals surface area (Å²) in [4.78, 5) is 29.3. The molecule has 2 aromatic heterocycles. The van der Waals surface area contributed by atoms with Crippen molar-refractivity contribution in [2.24, 2.45) is 0 Å². The van der Waals surface area contributed by atoms with Gasteiger partial charge in [0.05, 0.1) is 11.4 Å². The summed E-state index contributed by atoms with van der Waals surface area (Å²) < 4.78 is 13.0. The molecule has 0 radical (unpaired) electrons. The van der Waals surface area contributed by atoms with E-state index in [1.807, 2.05) is 56.3 Å². The number of amides is 1. The van der Waals surface area contributed by atoms with E-state index < -0.39 is 0 Å². The second-order valence-corrected chi connectivity index (χ2v) is 7.36. The summed E-state index contributed by atoms with van der Waals surface area (Å²) in [6.07, 6.45) is 1.69. The molecule has 7 nitrogen and oxygen atoms in total. The number of fused-ring (bicyclic) bond motifs is 1. The van der Waals surface area contributed by atoms with Crippen LogP contribution in [-0.4, -0.2) is 21.9 Å². The van der Waals surface area contributed by atoms with Crippen molar-refractivity contribution in [2.45, 2.75) is 20.5 Å². The number of aromatic nitrogens is 2. The first-order valence-corrected chi connectivity index (χ1v) is 10.2. The van der Waals surface area contributed by atoms with Gasteiger partial charge in [-0.2, -0.15) is 0 Å². The van der Waals surface area contributed by atoms with Crippen molar-refractivity contribution in [3.8, 4) is 11.5 Å². The maximum Gasteiger partial charge on any atom is 0.262 e. The summed E-state index contributed by atoms with van der Waals surface area (Å²) in [5.74, 6) is 0.835. The lowest BCUT2D eigenvalue weighted by molar-refractivity contribution is -0.118. The Hall–Kier alpha value is -4.13. The highest BCUT2D eigenvalue weighted by molar-refractivity contribution is 5.93. The number of rotatable bonds is 7. The Morgan fingerprint density at radius 3 is 2.47 bits per heavy atom. The Balaban J connectivity index is 1.44. The SMILES string of the molecule is Cc1ccccc1OCC(=O)Nc1ccccc1OCc1cc(=O)n2cccc(C)c2n1. The molecule has 1 N–H and O–H groups in total. The molecular weight excluding hydrogens is 406 g/mol. The normalized spacial score (nSPS) is 10.7. The van der Waals surface area contributed by atoms with E-state index >= 15 is 0 Å². The summed E-state index contributed by atoms with van der Waals surface area (Å²) in [6.45, 7) is 3.79. The second-order valence-electron chi connectivity index (χ2n) is 7.36. The van der Waals surface area contributed by atoms with Crippen LogP contribution in [0, 0.1) is 13.8 Å². The van der Waals surface area contributed by atoms with E-state index in [4.69, 9.17) is 9.47 Å². The van der Waals surface area contributed by atoms with E-state index in [1.165, 1.54) is 10.5 Å². The minimum absolute atomic E-state index is 0.0899. The molecule has 0 saturated carbocycles. The molecule has 1 amide bonds. The largest absolute Gasteiger partial charge is 0.485 e. The standard InChI is InChI=1S/C25H23N3O4/c1-17-8-3-5-11-21(17)32-16-23(29)27-20-10-4-6-12-22(20)31-15-19-14-24(30)28-13-7-9-18(2)25(28)26-19/h3-14H,15-16H2,1-2H3,(H,27,29). The number of pyridine rings is 1. The summed E-state index contributed by atoms with van der Waals surface area (Å²) in [6, 6.07) is 19.8. The van der Waals surface area contributed by atoms with Crippen LogP contribution in [0.1, 0.15) is 16.8 Å². The quantitative estimate of drug-likeness (QED) is 0.482. The van der Waals surface area contributed by atoms with Crippen LogP contribution >= 0.6 is 0 Å². The molecule has 0 aliphatic rings. The predicted molar refractivity (Wildman–Crippen MR) is 122 cm³/mol. The second kappa shape index (κ2) is 9.34. The molecule has 7 heteroatoms. The van der Waals surface area contributed by atoms with Crippen LogP contribution in [0.3, 0.4) is 0 Å². The van der Waals surface area contributed by atoms with Crippen LogP contribution in [0.2, 0.25) is 0 Å². The van der Waals surface area contributed by atoms with E-state index in [2.05, 4.69) is 10.3 Å². The molecule has 2 heterocycles. The Labute approximate surface area is 185 Å². The summed E-state index contributed by atoms with van der Waals surface area (Å²) >= 11 is 0. The molecule has 0 unspecified atom stereocenters. The van der Waals surface area contributed by atoms with Crippen molar-refractivity contribution in [3.05, 3.63) is 100 Å². The molecule has 162 valence electrons. The zero-order chi connectivity index (χ0) is 22.5. The van der Waals surface area contributed by atoms with Gasteiger partial charge in [-0.1, -0.05) is 36.4 Å². The summed E-state index contributed by atoms with van der Waals surface area (Å²) in [5.41, 5.74) is 3.29. The van der Waals surface area contributed by atoms with Gasteiger partial charge in [0.1, 0.15) is 23.8 Å². The minimum atomic E-state index is -0.304. The van der Waals surface area contributed by atoms with Crippen LogP contribution in [0.5, 0.6) is 11.5 Å². The molecule has 0 bridgehead atoms. The predicted octanol–water partition coefficient (Wildman–Crippen LogP) is 3.91. The summed E-state index contributed by atoms with van der Waals surface area (Å²) in [5, 5.41) is 2.81. The highest BCUT2D eigenvalue weighted by Gasteiger charge is 2.11. The molecule has 32 heavy (non-hydrogen) atoms. The number of carbonyl (C=O) groups is 1. The molecule has 4 aromatic rings. The van der Waals surface area contributed by atoms with Crippen molar-refractivity contribution in [1.29, 1.82) is 0 Å². The Bertz CT molecular complexity index is 1330. The van der Waals surface area contributed by atoms with E-state index in [0.717, 1.165) is 11.1 Å². The number of hydrogen-bond donors (Lipinski definition) is 1. The van der Waals surface area contributed by atoms with Crippen LogP contribution in [-0.2, 0) is 11.4 Å². The lowest BCUT2D eigenvalue weighted by Gasteiger charge is -2.13. The topological polar surface area (TPSA) is 81.9 Å². The van der Waals surface area contributed by atoms with Gasteiger partial charge in [0, 0.05) is 12.3 Å². The van der Waals surface area contributed by atoms with Gasteiger partial charge in [-0.15, -0.1) is 0 Å². The fourth-order valence-corrected chi connectivity index (χ4v) is 3.28. The molecular formula is C25H23N3O4. The monoisotopic (exact) mass is 429 g/mol. The molecule has 0 spiro atoms. The number of carbonyl (C=O) groups excluding carboxylic acids is 1. The fourth-order valence-electron chi connectivity index (χ4n) is 3.28. The molecule has 0 aliphatic carbocycles. The summed E-state index contributed by atoms with van der Waals surface area (Å²) in [7, 11) is 0. The average Bonchev–Trinajstić information content (AvgIpc) is 2.79. The zero-order valence-corrected chi connectivity index (χ0v) is 17.9. The average molecular weight is 429 g/mol. The van der Waals surface area contributed by atoms with Gasteiger partial charge in [0.2, 0.25) is 0 Å². The number of ether oxygens (including phenoxy) is 2. The first-order valence-electron chi connectivity index (χ1n) is 10.2. The number of anilines is 1. The van der Waals surface area contributed by atoms with Crippen molar-refractivity contribution < 1.29 is 14.3 Å². The highest BCUT2D eigenvalue weighted by Crippen LogP contribution is 2.25. The van der Waals surface area contributed by atoms with Crippen molar-refractivity contribution >= 4 is 17.2 Å². The molecule has 0 atom stereocenters. The van der Waals surface area contributed by atoms with Gasteiger partial charge in [0.15, 0.2) is 6.61 Å². The van der Waals surface area contributed by atoms with Gasteiger partial charge in [-0.25, -0.2) is 4.98 Å². The lowest BCUT2D eigenvalue weighted by atomic mass is 10.2. The van der Waals surface area contributed by atoms with Gasteiger partial charge in [-0.3, -0.25) is 14.0 Å². The fraction of sp³-hybridized carbons (Fsp3) is 0.160. The zero-order valence-electron chi connectivity index (χ0n) is 17.9. The number of para-hydroxylation sites is 3. The van der Waals surface area contributed by atoms with Crippen LogP contribution in [0.15, 0.2) is 77.7 Å². The van der Waals surface area contributed by atoms with Crippen molar-refractivity contribution in [1.82, 2.24) is 9.38 Å². The Morgan fingerprint density at radius 2 is 1.66 bits per heavy atom. The van der Waals surface area contributed by atoms with Gasteiger partial charge in [-0.05, 0) is 49.2 Å². The highest BCUT2D eigenvalue weighted by atomic mass is 16.5. The van der Waals surface area contributed by atoms with Gasteiger partial charge in [0.25, 0.3) is 11.5 Å². The Kier molecular flexibility index (Phi) is 6.17. The number of nitrogens with zero attached hydrogens (tertiary/aromatic N) is 2. The van der Waals surface area contributed by atoms with E-state index in [-0.39, 0.29) is 24.7 Å². The van der Waals surface area contributed by atoms with E-state index in [9.17, 15) is 9.59 Å². The smallest absolute Gasteiger partial charge is 0.262 e. The molecule has 0 fully saturated rings. The number of benzene rings is 2. The maximum absolute atomic E-state index is 12.4. The maximum atomic E-state index is 12.4. The van der Waals surface area contributed by atoms with Gasteiger partial charge >= 0.3 is 0 Å². The Morgan fingerprint density at radius 1 is 0.938 bits per heavy atom. The third kappa shape index (κ3) is 4.78. The number of hydrogen-bond acceptors (Lipinski definition) is 5. The van der Waals surface area contributed by atoms with Crippen LogP contribution < -0.4 is 20.3 Å². The number of nitrogens with one attached hydrogen (secondary N) is 1. The first-order chi connectivity index (χ1) is 15.5. The third-order valence-electron chi connectivity index (χ3n) is 4.93. The molecule has 0 saturated heterocycles. The molecule has 2 aromatic carbocycles. The van der Waals surface area contributed by atoms with E-state index in [1.54, 1.807) is 24.4 Å². The third-order valence-corrected chi connectivity index (χ3v) is 4.93. The van der Waals surface area contributed by atoms with Crippen molar-refractivity contribution in [2.75, 3.05) is 11.9 Å². The van der Waals surface area contributed by atoms with Gasteiger partial charge < -0.3 is 14.8 Å². The van der Waals surface area contributed by atoms with E-state index in [0.29, 0.717) is 28.5 Å². The van der Waals surface area contributed by atoms with Crippen LogP contribution in [0.25, 0.3) is 5.65 Å². The van der Waals surface area contributed by atoms with Crippen molar-refractivity contribution in [3.63, 3.8) is 0 Å². The minimum Gasteiger partial charge on any atom is -0.485 e.